The molecule has 1 aromatic heterocycles. The molecule has 0 spiro atoms. The number of amides is 1. The standard InChI is InChI=1S/C18H16Cl2N4OS/c19-11-5-6-12(14(20)9-11)17(25)23-7-8-24-10-16(26-18(21)22)13-3-1-2-4-15(13)24/h1-6,9-10H,7-8H2,(H3,21,22)(H,23,25)/p+1. The molecule has 2 aromatic carbocycles. The molecule has 1 amide bonds. The number of hydrogen-bond acceptors (Lipinski definition) is 2. The van der Waals surface area contributed by atoms with Crippen molar-refractivity contribution < 1.29 is 10.2 Å². The molecule has 26 heavy (non-hydrogen) atoms. The molecule has 0 bridgehead atoms. The first kappa shape index (κ1) is 18.6. The number of amidine groups is 1. The first-order valence-electron chi connectivity index (χ1n) is 7.82. The van der Waals surface area contributed by atoms with Crippen LogP contribution < -0.4 is 16.5 Å². The highest BCUT2D eigenvalue weighted by molar-refractivity contribution is 8.13. The number of thioether (sulfide) groups is 1. The lowest BCUT2D eigenvalue weighted by Gasteiger charge is -2.09. The summed E-state index contributed by atoms with van der Waals surface area (Å²) in [6.45, 7) is 1.05. The third-order valence-electron chi connectivity index (χ3n) is 3.79. The number of fused-ring (bicyclic) bond motifs is 1. The van der Waals surface area contributed by atoms with Gasteiger partial charge in [0, 0.05) is 40.1 Å². The number of benzene rings is 2. The minimum absolute atomic E-state index is 0.239. The Morgan fingerprint density at radius 2 is 2.00 bits per heavy atom. The maximum atomic E-state index is 12.3. The number of nitrogens with zero attached hydrogens (tertiary/aromatic N) is 1. The second-order valence-corrected chi connectivity index (χ2v) is 7.55. The van der Waals surface area contributed by atoms with Gasteiger partial charge < -0.3 is 9.88 Å². The van der Waals surface area contributed by atoms with Gasteiger partial charge in [-0.2, -0.15) is 0 Å². The molecule has 3 aromatic rings. The summed E-state index contributed by atoms with van der Waals surface area (Å²) in [7, 11) is 0. The molecule has 5 nitrogen and oxygen atoms in total. The highest BCUT2D eigenvalue weighted by atomic mass is 35.5. The average molecular weight is 408 g/mol. The highest BCUT2D eigenvalue weighted by Gasteiger charge is 2.13. The molecule has 0 aliphatic rings. The molecule has 3 rings (SSSR count). The lowest BCUT2D eigenvalue weighted by atomic mass is 10.2. The van der Waals surface area contributed by atoms with E-state index in [4.69, 9.17) is 34.3 Å². The van der Waals surface area contributed by atoms with Crippen molar-refractivity contribution in [1.29, 1.82) is 0 Å². The van der Waals surface area contributed by atoms with E-state index in [1.807, 2.05) is 30.5 Å². The Balaban J connectivity index is 1.72. The Hall–Kier alpha value is -2.15. The zero-order valence-electron chi connectivity index (χ0n) is 13.7. The van der Waals surface area contributed by atoms with Gasteiger partial charge in [-0.15, -0.1) is 0 Å². The molecule has 0 saturated heterocycles. The summed E-state index contributed by atoms with van der Waals surface area (Å²) < 4.78 is 2.06. The Bertz CT molecular complexity index is 986. The van der Waals surface area contributed by atoms with Crippen LogP contribution in [0.3, 0.4) is 0 Å². The van der Waals surface area contributed by atoms with Crippen molar-refractivity contribution in [3.8, 4) is 0 Å². The van der Waals surface area contributed by atoms with Gasteiger partial charge >= 0.3 is 5.17 Å². The van der Waals surface area contributed by atoms with Crippen LogP contribution >= 0.6 is 35.0 Å². The van der Waals surface area contributed by atoms with E-state index in [1.54, 1.807) is 18.2 Å². The molecule has 0 aliphatic carbocycles. The van der Waals surface area contributed by atoms with E-state index < -0.39 is 0 Å². The number of carbonyl (C=O) groups excluding carboxylic acids is 1. The molecule has 0 aliphatic heterocycles. The van der Waals surface area contributed by atoms with Crippen molar-refractivity contribution in [2.45, 2.75) is 11.4 Å². The van der Waals surface area contributed by atoms with Gasteiger partial charge in [0.2, 0.25) is 0 Å². The topological polar surface area (TPSA) is 85.6 Å². The zero-order chi connectivity index (χ0) is 18.7. The molecule has 0 saturated carbocycles. The molecule has 5 N–H and O–H groups in total. The predicted octanol–water partition coefficient (Wildman–Crippen LogP) is 2.54. The quantitative estimate of drug-likeness (QED) is 0.345. The number of nitrogens with two attached hydrogens (primary N) is 2. The monoisotopic (exact) mass is 407 g/mol. The Morgan fingerprint density at radius 1 is 1.23 bits per heavy atom. The van der Waals surface area contributed by atoms with Crippen LogP contribution in [0.2, 0.25) is 10.0 Å². The Kier molecular flexibility index (Phi) is 5.76. The van der Waals surface area contributed by atoms with Gasteiger partial charge in [-0.05, 0) is 36.0 Å². The number of hydrogen-bond donors (Lipinski definition) is 3. The van der Waals surface area contributed by atoms with Crippen LogP contribution in [0.4, 0.5) is 0 Å². The minimum Gasteiger partial charge on any atom is -0.350 e. The van der Waals surface area contributed by atoms with Crippen LogP contribution in [0.15, 0.2) is 53.6 Å². The number of halogens is 2. The lowest BCUT2D eigenvalue weighted by molar-refractivity contribution is -0.110. The number of aromatic nitrogens is 1. The maximum Gasteiger partial charge on any atom is 0.304 e. The molecule has 0 fully saturated rings. The van der Waals surface area contributed by atoms with Crippen LogP contribution in [0.25, 0.3) is 10.9 Å². The smallest absolute Gasteiger partial charge is 0.304 e. The van der Waals surface area contributed by atoms with Crippen molar-refractivity contribution >= 4 is 56.9 Å². The molecular formula is C18H17Cl2N4OS+. The van der Waals surface area contributed by atoms with Gasteiger partial charge in [0.25, 0.3) is 5.91 Å². The fraction of sp³-hybridized carbons (Fsp3) is 0.111. The summed E-state index contributed by atoms with van der Waals surface area (Å²) in [5.74, 6) is -0.239. The summed E-state index contributed by atoms with van der Waals surface area (Å²) in [6.07, 6.45) is 1.98. The van der Waals surface area contributed by atoms with Crippen LogP contribution in [0, 0.1) is 0 Å². The van der Waals surface area contributed by atoms with Crippen LogP contribution in [0.5, 0.6) is 0 Å². The fourth-order valence-electron chi connectivity index (χ4n) is 2.67. The van der Waals surface area contributed by atoms with E-state index in [9.17, 15) is 4.79 Å². The van der Waals surface area contributed by atoms with Crippen molar-refractivity contribution in [2.24, 2.45) is 5.73 Å². The Labute approximate surface area is 165 Å². The number of carbonyl (C=O) groups is 1. The van der Waals surface area contributed by atoms with Crippen LogP contribution in [-0.4, -0.2) is 22.2 Å². The summed E-state index contributed by atoms with van der Waals surface area (Å²) in [5, 5.41) is 10.7. The van der Waals surface area contributed by atoms with Gasteiger partial charge in [-0.1, -0.05) is 41.4 Å². The van der Waals surface area contributed by atoms with Crippen molar-refractivity contribution in [2.75, 3.05) is 6.54 Å². The molecule has 0 radical (unpaired) electrons. The highest BCUT2D eigenvalue weighted by Crippen LogP contribution is 2.29. The van der Waals surface area contributed by atoms with Gasteiger partial charge in [0.1, 0.15) is 0 Å². The number of para-hydroxylation sites is 1. The van der Waals surface area contributed by atoms with E-state index in [-0.39, 0.29) is 5.91 Å². The summed E-state index contributed by atoms with van der Waals surface area (Å²) in [4.78, 5) is 13.3. The lowest BCUT2D eigenvalue weighted by Crippen LogP contribution is -2.43. The second-order valence-electron chi connectivity index (χ2n) is 5.59. The normalized spacial score (nSPS) is 10.8. The molecule has 0 unspecified atom stereocenters. The van der Waals surface area contributed by atoms with Gasteiger partial charge in [0.15, 0.2) is 0 Å². The average Bonchev–Trinajstić information content (AvgIpc) is 2.92. The van der Waals surface area contributed by atoms with Gasteiger partial charge in [0.05, 0.1) is 10.6 Å². The van der Waals surface area contributed by atoms with Crippen LogP contribution in [-0.2, 0) is 6.54 Å². The minimum atomic E-state index is -0.239. The predicted molar refractivity (Wildman–Crippen MR) is 108 cm³/mol. The Morgan fingerprint density at radius 3 is 2.73 bits per heavy atom. The first-order chi connectivity index (χ1) is 12.5. The summed E-state index contributed by atoms with van der Waals surface area (Å²) in [6, 6.07) is 12.8. The third kappa shape index (κ3) is 4.15. The molecule has 1 heterocycles. The first-order valence-corrected chi connectivity index (χ1v) is 9.40. The second kappa shape index (κ2) is 8.03. The van der Waals surface area contributed by atoms with E-state index in [1.165, 1.54) is 11.8 Å². The zero-order valence-corrected chi connectivity index (χ0v) is 16.0. The van der Waals surface area contributed by atoms with Crippen LogP contribution in [0.1, 0.15) is 10.4 Å². The molecule has 0 atom stereocenters. The largest absolute Gasteiger partial charge is 0.350 e. The number of rotatable bonds is 5. The van der Waals surface area contributed by atoms with Crippen molar-refractivity contribution in [3.63, 3.8) is 0 Å². The van der Waals surface area contributed by atoms with Crippen molar-refractivity contribution in [3.05, 3.63) is 64.3 Å². The van der Waals surface area contributed by atoms with E-state index >= 15 is 0 Å². The summed E-state index contributed by atoms with van der Waals surface area (Å²) in [5.41, 5.74) is 7.07. The maximum absolute atomic E-state index is 12.3. The SMILES string of the molecule is NC(=[NH2+])Sc1cn(CCNC(=O)c2ccc(Cl)cc2Cl)c2ccccc12. The molecule has 134 valence electrons. The fourth-order valence-corrected chi connectivity index (χ4v) is 3.88. The third-order valence-corrected chi connectivity index (χ3v) is 5.12. The van der Waals surface area contributed by atoms with E-state index in [2.05, 4.69) is 9.88 Å². The molecule has 8 heteroatoms. The van der Waals surface area contributed by atoms with Gasteiger partial charge in [-0.25, -0.2) is 0 Å². The van der Waals surface area contributed by atoms with E-state index in [0.717, 1.165) is 15.8 Å². The van der Waals surface area contributed by atoms with Gasteiger partial charge in [-0.3, -0.25) is 15.9 Å². The molecular weight excluding hydrogens is 391 g/mol. The van der Waals surface area contributed by atoms with E-state index in [0.29, 0.717) is 33.9 Å². The number of nitrogens with one attached hydrogen (secondary N) is 1. The summed E-state index contributed by atoms with van der Waals surface area (Å²) >= 11 is 13.3. The van der Waals surface area contributed by atoms with Crippen molar-refractivity contribution in [1.82, 2.24) is 9.88 Å².